The first kappa shape index (κ1) is 12.0. The van der Waals surface area contributed by atoms with E-state index in [9.17, 15) is 8.78 Å². The van der Waals surface area contributed by atoms with Gasteiger partial charge in [0.1, 0.15) is 18.2 Å². The van der Waals surface area contributed by atoms with E-state index in [1.807, 2.05) is 0 Å². The van der Waals surface area contributed by atoms with Gasteiger partial charge >= 0.3 is 0 Å². The number of halogens is 2. The Kier molecular flexibility index (Phi) is 2.90. The Hall–Kier alpha value is -2.02. The summed E-state index contributed by atoms with van der Waals surface area (Å²) in [5.74, 6) is -0.439. The summed E-state index contributed by atoms with van der Waals surface area (Å²) in [5, 5.41) is 16.2. The number of aliphatic hydroxyl groups excluding tert-OH is 1. The Morgan fingerprint density at radius 3 is 2.74 bits per heavy atom. The first-order valence-electron chi connectivity index (χ1n) is 5.93. The number of hydrogen-bond donors (Lipinski definition) is 2. The molecule has 19 heavy (non-hydrogen) atoms. The summed E-state index contributed by atoms with van der Waals surface area (Å²) in [4.78, 5) is 4.09. The SMILES string of the molecule is OCc1nc2n(n1)C(c1cc(F)cc(F)c1)CCN2. The van der Waals surface area contributed by atoms with Crippen LogP contribution in [0.4, 0.5) is 14.7 Å². The van der Waals surface area contributed by atoms with Crippen molar-refractivity contribution in [3.8, 4) is 0 Å². The zero-order valence-corrected chi connectivity index (χ0v) is 9.98. The molecule has 3 rings (SSSR count). The van der Waals surface area contributed by atoms with Crippen LogP contribution >= 0.6 is 0 Å². The van der Waals surface area contributed by atoms with Gasteiger partial charge in [-0.1, -0.05) is 0 Å². The molecule has 0 bridgehead atoms. The maximum absolute atomic E-state index is 13.3. The number of aliphatic hydroxyl groups is 1. The minimum absolute atomic E-state index is 0.272. The minimum Gasteiger partial charge on any atom is -0.388 e. The lowest BCUT2D eigenvalue weighted by molar-refractivity contribution is 0.270. The van der Waals surface area contributed by atoms with Crippen LogP contribution in [0, 0.1) is 11.6 Å². The predicted molar refractivity (Wildman–Crippen MR) is 63.5 cm³/mol. The van der Waals surface area contributed by atoms with Crippen LogP contribution in [-0.2, 0) is 6.61 Å². The second-order valence-corrected chi connectivity index (χ2v) is 4.39. The van der Waals surface area contributed by atoms with Crippen LogP contribution in [0.1, 0.15) is 23.9 Å². The second-order valence-electron chi connectivity index (χ2n) is 4.39. The molecule has 5 nitrogen and oxygen atoms in total. The first-order valence-corrected chi connectivity index (χ1v) is 5.93. The highest BCUT2D eigenvalue weighted by molar-refractivity contribution is 5.33. The molecule has 1 unspecified atom stereocenters. The summed E-state index contributed by atoms with van der Waals surface area (Å²) in [6.07, 6.45) is 0.643. The van der Waals surface area contributed by atoms with Gasteiger partial charge in [0, 0.05) is 12.6 Å². The largest absolute Gasteiger partial charge is 0.388 e. The van der Waals surface area contributed by atoms with Gasteiger partial charge < -0.3 is 10.4 Å². The van der Waals surface area contributed by atoms with Crippen molar-refractivity contribution in [3.05, 3.63) is 41.2 Å². The maximum Gasteiger partial charge on any atom is 0.222 e. The van der Waals surface area contributed by atoms with Crippen LogP contribution in [0.15, 0.2) is 18.2 Å². The topological polar surface area (TPSA) is 63.0 Å². The summed E-state index contributed by atoms with van der Waals surface area (Å²) in [6, 6.07) is 3.15. The molecule has 0 saturated carbocycles. The van der Waals surface area contributed by atoms with E-state index in [0.717, 1.165) is 6.07 Å². The highest BCUT2D eigenvalue weighted by atomic mass is 19.1. The standard InChI is InChI=1S/C12H12F2N4O/c13-8-3-7(4-9(14)5-8)10-1-2-15-12-16-11(6-19)17-18(10)12/h3-5,10,19H,1-2,6H2,(H,15,16,17). The van der Waals surface area contributed by atoms with Crippen LogP contribution in [0.3, 0.4) is 0 Å². The van der Waals surface area contributed by atoms with Crippen LogP contribution in [0.25, 0.3) is 0 Å². The molecular formula is C12H12F2N4O. The molecule has 0 spiro atoms. The van der Waals surface area contributed by atoms with Crippen molar-refractivity contribution in [2.75, 3.05) is 11.9 Å². The smallest absolute Gasteiger partial charge is 0.222 e. The number of nitrogens with one attached hydrogen (secondary N) is 1. The molecule has 0 radical (unpaired) electrons. The van der Waals surface area contributed by atoms with Crippen molar-refractivity contribution in [2.24, 2.45) is 0 Å². The summed E-state index contributed by atoms with van der Waals surface area (Å²) in [6.45, 7) is 0.359. The lowest BCUT2D eigenvalue weighted by atomic mass is 10.0. The molecule has 2 heterocycles. The molecule has 0 saturated heterocycles. The summed E-state index contributed by atoms with van der Waals surface area (Å²) < 4.78 is 28.1. The number of fused-ring (bicyclic) bond motifs is 1. The average molecular weight is 266 g/mol. The predicted octanol–water partition coefficient (Wildman–Crippen LogP) is 1.45. The van der Waals surface area contributed by atoms with Crippen molar-refractivity contribution in [1.82, 2.24) is 14.8 Å². The number of aromatic nitrogens is 3. The highest BCUT2D eigenvalue weighted by Gasteiger charge is 2.25. The Labute approximate surface area is 107 Å². The molecule has 1 aromatic carbocycles. The lowest BCUT2D eigenvalue weighted by Crippen LogP contribution is -2.25. The number of hydrogen-bond acceptors (Lipinski definition) is 4. The fraction of sp³-hybridized carbons (Fsp3) is 0.333. The molecule has 2 aromatic rings. The first-order chi connectivity index (χ1) is 9.17. The Bertz CT molecular complexity index is 594. The van der Waals surface area contributed by atoms with E-state index >= 15 is 0 Å². The van der Waals surface area contributed by atoms with Crippen LogP contribution in [0.2, 0.25) is 0 Å². The van der Waals surface area contributed by atoms with E-state index in [1.165, 1.54) is 12.1 Å². The minimum atomic E-state index is -0.613. The molecule has 1 aliphatic rings. The van der Waals surface area contributed by atoms with Crippen molar-refractivity contribution in [3.63, 3.8) is 0 Å². The van der Waals surface area contributed by atoms with E-state index in [1.54, 1.807) is 4.68 Å². The highest BCUT2D eigenvalue weighted by Crippen LogP contribution is 2.29. The van der Waals surface area contributed by atoms with Gasteiger partial charge in [-0.3, -0.25) is 0 Å². The zero-order valence-electron chi connectivity index (χ0n) is 9.98. The fourth-order valence-corrected chi connectivity index (χ4v) is 2.29. The van der Waals surface area contributed by atoms with E-state index in [4.69, 9.17) is 5.11 Å². The molecule has 7 heteroatoms. The van der Waals surface area contributed by atoms with Gasteiger partial charge in [0.2, 0.25) is 5.95 Å². The van der Waals surface area contributed by atoms with E-state index < -0.39 is 11.6 Å². The van der Waals surface area contributed by atoms with Gasteiger partial charge in [-0.05, 0) is 24.1 Å². The summed E-state index contributed by atoms with van der Waals surface area (Å²) >= 11 is 0. The monoisotopic (exact) mass is 266 g/mol. The Balaban J connectivity index is 2.05. The van der Waals surface area contributed by atoms with Gasteiger partial charge in [0.05, 0.1) is 6.04 Å². The van der Waals surface area contributed by atoms with E-state index in [-0.39, 0.29) is 18.5 Å². The van der Waals surface area contributed by atoms with Crippen molar-refractivity contribution in [2.45, 2.75) is 19.1 Å². The third kappa shape index (κ3) is 2.17. The molecule has 1 atom stereocenters. The zero-order chi connectivity index (χ0) is 13.4. The normalized spacial score (nSPS) is 17.9. The average Bonchev–Trinajstić information content (AvgIpc) is 2.80. The van der Waals surface area contributed by atoms with Gasteiger partial charge in [-0.15, -0.1) is 0 Å². The molecule has 2 N–H and O–H groups in total. The molecule has 1 aromatic heterocycles. The van der Waals surface area contributed by atoms with Crippen LogP contribution < -0.4 is 5.32 Å². The molecule has 0 fully saturated rings. The molecule has 100 valence electrons. The quantitative estimate of drug-likeness (QED) is 0.863. The van der Waals surface area contributed by atoms with Gasteiger partial charge in [0.25, 0.3) is 0 Å². The Morgan fingerprint density at radius 1 is 1.32 bits per heavy atom. The van der Waals surface area contributed by atoms with Gasteiger partial charge in [-0.2, -0.15) is 10.1 Å². The molecule has 0 aliphatic carbocycles. The molecule has 0 amide bonds. The van der Waals surface area contributed by atoms with Crippen molar-refractivity contribution >= 4 is 5.95 Å². The molecular weight excluding hydrogens is 254 g/mol. The summed E-state index contributed by atoms with van der Waals surface area (Å²) in [7, 11) is 0. The van der Waals surface area contributed by atoms with Gasteiger partial charge in [0.15, 0.2) is 5.82 Å². The Morgan fingerprint density at radius 2 is 2.05 bits per heavy atom. The van der Waals surface area contributed by atoms with Crippen LogP contribution in [-0.4, -0.2) is 26.4 Å². The number of anilines is 1. The van der Waals surface area contributed by atoms with Gasteiger partial charge in [-0.25, -0.2) is 13.5 Å². The van der Waals surface area contributed by atoms with E-state index in [2.05, 4.69) is 15.4 Å². The molecule has 1 aliphatic heterocycles. The van der Waals surface area contributed by atoms with Crippen LogP contribution in [0.5, 0.6) is 0 Å². The van der Waals surface area contributed by atoms with Crippen molar-refractivity contribution in [1.29, 1.82) is 0 Å². The second kappa shape index (κ2) is 4.58. The summed E-state index contributed by atoms with van der Waals surface area (Å²) in [5.41, 5.74) is 0.509. The van der Waals surface area contributed by atoms with Crippen molar-refractivity contribution < 1.29 is 13.9 Å². The third-order valence-electron chi connectivity index (χ3n) is 3.08. The maximum atomic E-state index is 13.3. The fourth-order valence-electron chi connectivity index (χ4n) is 2.29. The lowest BCUT2D eigenvalue weighted by Gasteiger charge is -2.24. The number of benzene rings is 1. The number of nitrogens with zero attached hydrogens (tertiary/aromatic N) is 3. The third-order valence-corrected chi connectivity index (χ3v) is 3.08. The van der Waals surface area contributed by atoms with E-state index in [0.29, 0.717) is 24.5 Å². The number of rotatable bonds is 2.